The summed E-state index contributed by atoms with van der Waals surface area (Å²) in [5, 5.41) is 14.2. The van der Waals surface area contributed by atoms with Gasteiger partial charge in [0, 0.05) is 7.05 Å². The first-order valence-corrected chi connectivity index (χ1v) is 4.91. The van der Waals surface area contributed by atoms with E-state index >= 15 is 0 Å². The molecule has 1 aromatic carbocycles. The molecule has 1 heterocycles. The predicted octanol–water partition coefficient (Wildman–Crippen LogP) is 1.52. The quantitative estimate of drug-likeness (QED) is 0.853. The third-order valence-electron chi connectivity index (χ3n) is 2.34. The third kappa shape index (κ3) is 2.16. The van der Waals surface area contributed by atoms with E-state index in [1.54, 1.807) is 23.9 Å². The molecule has 0 saturated carbocycles. The average Bonchev–Trinajstić information content (AvgIpc) is 2.65. The Morgan fingerprint density at radius 3 is 2.56 bits per heavy atom. The molecule has 0 radical (unpaired) electrons. The van der Waals surface area contributed by atoms with E-state index in [1.165, 1.54) is 12.1 Å². The lowest BCUT2D eigenvalue weighted by molar-refractivity contribution is 0.626. The van der Waals surface area contributed by atoms with Gasteiger partial charge in [-0.1, -0.05) is 17.2 Å². The van der Waals surface area contributed by atoms with Crippen molar-refractivity contribution in [1.29, 1.82) is 0 Å². The lowest BCUT2D eigenvalue weighted by Crippen LogP contribution is -2.10. The molecule has 0 fully saturated rings. The minimum absolute atomic E-state index is 0.0188. The van der Waals surface area contributed by atoms with Gasteiger partial charge in [-0.05, 0) is 35.0 Å². The Hall–Kier alpha value is -1.98. The van der Waals surface area contributed by atoms with Crippen LogP contribution in [0.15, 0.2) is 24.3 Å². The molecule has 0 aliphatic carbocycles. The van der Waals surface area contributed by atoms with Gasteiger partial charge >= 0.3 is 0 Å². The maximum absolute atomic E-state index is 12.7. The maximum Gasteiger partial charge on any atom is 0.243 e. The second-order valence-electron chi connectivity index (χ2n) is 3.54. The van der Waals surface area contributed by atoms with Gasteiger partial charge in [0.05, 0.1) is 6.04 Å². The number of hydrogen-bond acceptors (Lipinski definition) is 4. The van der Waals surface area contributed by atoms with Crippen LogP contribution in [-0.4, -0.2) is 20.2 Å². The van der Waals surface area contributed by atoms with Crippen LogP contribution in [0.2, 0.25) is 0 Å². The zero-order chi connectivity index (χ0) is 11.5. The van der Waals surface area contributed by atoms with Crippen LogP contribution in [-0.2, 0) is 7.05 Å². The number of nitrogens with zero attached hydrogens (tertiary/aromatic N) is 4. The first-order valence-electron chi connectivity index (χ1n) is 4.91. The van der Waals surface area contributed by atoms with E-state index in [0.717, 1.165) is 5.56 Å². The van der Waals surface area contributed by atoms with Gasteiger partial charge in [0.2, 0.25) is 5.95 Å². The summed E-state index contributed by atoms with van der Waals surface area (Å²) in [5.74, 6) is 0.341. The summed E-state index contributed by atoms with van der Waals surface area (Å²) in [6, 6.07) is 6.35. The molecule has 1 atom stereocenters. The summed E-state index contributed by atoms with van der Waals surface area (Å²) in [4.78, 5) is 0. The molecular formula is C10H12FN5. The Balaban J connectivity index is 2.11. The van der Waals surface area contributed by atoms with Gasteiger partial charge in [0.1, 0.15) is 5.82 Å². The first kappa shape index (κ1) is 10.5. The van der Waals surface area contributed by atoms with E-state index in [9.17, 15) is 4.39 Å². The highest BCUT2D eigenvalue weighted by molar-refractivity contribution is 5.30. The van der Waals surface area contributed by atoms with Crippen molar-refractivity contribution in [3.05, 3.63) is 35.6 Å². The van der Waals surface area contributed by atoms with Crippen molar-refractivity contribution in [3.8, 4) is 0 Å². The molecule has 6 heteroatoms. The van der Waals surface area contributed by atoms with Gasteiger partial charge in [-0.25, -0.2) is 9.07 Å². The first-order chi connectivity index (χ1) is 7.66. The van der Waals surface area contributed by atoms with Crippen molar-refractivity contribution in [1.82, 2.24) is 20.2 Å². The molecule has 16 heavy (non-hydrogen) atoms. The van der Waals surface area contributed by atoms with E-state index in [-0.39, 0.29) is 11.9 Å². The minimum atomic E-state index is -0.240. The molecule has 1 unspecified atom stereocenters. The summed E-state index contributed by atoms with van der Waals surface area (Å²) < 4.78 is 14.3. The highest BCUT2D eigenvalue weighted by Gasteiger charge is 2.08. The van der Waals surface area contributed by atoms with E-state index < -0.39 is 0 Å². The van der Waals surface area contributed by atoms with Crippen molar-refractivity contribution in [2.45, 2.75) is 13.0 Å². The van der Waals surface area contributed by atoms with E-state index in [2.05, 4.69) is 20.8 Å². The third-order valence-corrected chi connectivity index (χ3v) is 2.34. The Morgan fingerprint density at radius 1 is 1.31 bits per heavy atom. The van der Waals surface area contributed by atoms with Crippen molar-refractivity contribution in [3.63, 3.8) is 0 Å². The van der Waals surface area contributed by atoms with Gasteiger partial charge in [-0.2, -0.15) is 0 Å². The summed E-state index contributed by atoms with van der Waals surface area (Å²) in [7, 11) is 1.75. The standard InChI is InChI=1S/C10H12FN5/c1-7(8-3-5-9(11)6-4-8)12-10-13-14-15-16(10)2/h3-7H,1-2H3,(H,12,13,15). The fraction of sp³-hybridized carbons (Fsp3) is 0.300. The average molecular weight is 221 g/mol. The number of rotatable bonds is 3. The van der Waals surface area contributed by atoms with Crippen LogP contribution in [0, 0.1) is 5.82 Å². The summed E-state index contributed by atoms with van der Waals surface area (Å²) in [5.41, 5.74) is 0.976. The summed E-state index contributed by atoms with van der Waals surface area (Å²) in [6.45, 7) is 1.96. The van der Waals surface area contributed by atoms with Crippen molar-refractivity contribution >= 4 is 5.95 Å². The van der Waals surface area contributed by atoms with E-state index in [1.807, 2.05) is 6.92 Å². The highest BCUT2D eigenvalue weighted by Crippen LogP contribution is 2.16. The SMILES string of the molecule is CC(Nc1nnnn1C)c1ccc(F)cc1. The molecule has 0 spiro atoms. The molecule has 84 valence electrons. The topological polar surface area (TPSA) is 55.6 Å². The number of anilines is 1. The zero-order valence-electron chi connectivity index (χ0n) is 9.05. The van der Waals surface area contributed by atoms with Crippen LogP contribution in [0.1, 0.15) is 18.5 Å². The number of nitrogens with one attached hydrogen (secondary N) is 1. The summed E-state index contributed by atoms with van der Waals surface area (Å²) >= 11 is 0. The molecule has 2 aromatic rings. The van der Waals surface area contributed by atoms with Crippen molar-refractivity contribution in [2.24, 2.45) is 7.05 Å². The molecule has 0 bridgehead atoms. The molecule has 0 aliphatic rings. The van der Waals surface area contributed by atoms with Crippen LogP contribution < -0.4 is 5.32 Å². The Labute approximate surface area is 92.3 Å². The van der Waals surface area contributed by atoms with Crippen molar-refractivity contribution < 1.29 is 4.39 Å². The number of halogens is 1. The second kappa shape index (κ2) is 4.26. The number of aromatic nitrogens is 4. The minimum Gasteiger partial charge on any atom is -0.347 e. The number of tetrazole rings is 1. The van der Waals surface area contributed by atoms with Gasteiger partial charge < -0.3 is 5.32 Å². The Morgan fingerprint density at radius 2 is 2.00 bits per heavy atom. The monoisotopic (exact) mass is 221 g/mol. The number of benzene rings is 1. The van der Waals surface area contributed by atoms with E-state index in [4.69, 9.17) is 0 Å². The fourth-order valence-corrected chi connectivity index (χ4v) is 1.38. The predicted molar refractivity (Wildman–Crippen MR) is 57.2 cm³/mol. The molecule has 1 aromatic heterocycles. The molecular weight excluding hydrogens is 209 g/mol. The fourth-order valence-electron chi connectivity index (χ4n) is 1.38. The number of hydrogen-bond donors (Lipinski definition) is 1. The molecule has 0 saturated heterocycles. The normalized spacial score (nSPS) is 12.4. The lowest BCUT2D eigenvalue weighted by atomic mass is 10.1. The summed E-state index contributed by atoms with van der Waals surface area (Å²) in [6.07, 6.45) is 0. The molecule has 0 aliphatic heterocycles. The van der Waals surface area contributed by atoms with Crippen LogP contribution in [0.5, 0.6) is 0 Å². The lowest BCUT2D eigenvalue weighted by Gasteiger charge is -2.13. The van der Waals surface area contributed by atoms with Gasteiger partial charge in [-0.15, -0.1) is 0 Å². The van der Waals surface area contributed by atoms with Gasteiger partial charge in [0.25, 0.3) is 0 Å². The molecule has 2 rings (SSSR count). The van der Waals surface area contributed by atoms with E-state index in [0.29, 0.717) is 5.95 Å². The largest absolute Gasteiger partial charge is 0.347 e. The smallest absolute Gasteiger partial charge is 0.243 e. The molecule has 5 nitrogen and oxygen atoms in total. The van der Waals surface area contributed by atoms with Gasteiger partial charge in [-0.3, -0.25) is 0 Å². The van der Waals surface area contributed by atoms with Crippen LogP contribution in [0.25, 0.3) is 0 Å². The number of aryl methyl sites for hydroxylation is 1. The van der Waals surface area contributed by atoms with Crippen molar-refractivity contribution in [2.75, 3.05) is 5.32 Å². The van der Waals surface area contributed by atoms with Crippen LogP contribution >= 0.6 is 0 Å². The maximum atomic E-state index is 12.7. The van der Waals surface area contributed by atoms with Crippen LogP contribution in [0.4, 0.5) is 10.3 Å². The Bertz CT molecular complexity index is 464. The Kier molecular flexibility index (Phi) is 2.80. The highest BCUT2D eigenvalue weighted by atomic mass is 19.1. The van der Waals surface area contributed by atoms with Crippen LogP contribution in [0.3, 0.4) is 0 Å². The zero-order valence-corrected chi connectivity index (χ0v) is 9.05. The van der Waals surface area contributed by atoms with Gasteiger partial charge in [0.15, 0.2) is 0 Å². The molecule has 1 N–H and O–H groups in total. The molecule has 0 amide bonds. The second-order valence-corrected chi connectivity index (χ2v) is 3.54.